The summed E-state index contributed by atoms with van der Waals surface area (Å²) in [6.07, 6.45) is 4.44. The standard InChI is InChI=1S/C24H24N4O3/c1-30-15-19-18-10-4-5-11-20(18)31-22(19)24(29)25-17-9-7-8-16(14-17)23-27-26-21-12-3-2-6-13-28(21)23/h4-5,7-11,14H,2-3,6,12-13,15H2,1H3,(H,25,29). The number of amides is 1. The second-order valence-electron chi connectivity index (χ2n) is 7.78. The van der Waals surface area contributed by atoms with E-state index in [9.17, 15) is 4.79 Å². The third kappa shape index (κ3) is 3.72. The summed E-state index contributed by atoms with van der Waals surface area (Å²) < 4.78 is 13.4. The van der Waals surface area contributed by atoms with Crippen molar-refractivity contribution in [1.29, 1.82) is 0 Å². The van der Waals surface area contributed by atoms with Crippen LogP contribution in [-0.4, -0.2) is 27.8 Å². The van der Waals surface area contributed by atoms with Crippen LogP contribution in [0.3, 0.4) is 0 Å². The molecule has 0 saturated carbocycles. The number of hydrogen-bond acceptors (Lipinski definition) is 5. The maximum Gasteiger partial charge on any atom is 0.291 e. The van der Waals surface area contributed by atoms with E-state index in [4.69, 9.17) is 9.15 Å². The lowest BCUT2D eigenvalue weighted by Gasteiger charge is -2.09. The van der Waals surface area contributed by atoms with Crippen molar-refractivity contribution in [1.82, 2.24) is 14.8 Å². The first-order valence-electron chi connectivity index (χ1n) is 10.6. The van der Waals surface area contributed by atoms with Gasteiger partial charge in [-0.1, -0.05) is 36.8 Å². The van der Waals surface area contributed by atoms with Gasteiger partial charge in [0.15, 0.2) is 11.6 Å². The molecule has 3 heterocycles. The van der Waals surface area contributed by atoms with Crippen LogP contribution in [0.2, 0.25) is 0 Å². The number of carbonyl (C=O) groups excluding carboxylic acids is 1. The monoisotopic (exact) mass is 416 g/mol. The molecule has 0 aliphatic carbocycles. The van der Waals surface area contributed by atoms with Crippen molar-refractivity contribution in [3.8, 4) is 11.4 Å². The Morgan fingerprint density at radius 3 is 2.94 bits per heavy atom. The molecule has 0 fully saturated rings. The molecule has 4 aromatic rings. The zero-order valence-corrected chi connectivity index (χ0v) is 17.4. The van der Waals surface area contributed by atoms with E-state index in [1.807, 2.05) is 48.5 Å². The molecule has 1 N–H and O–H groups in total. The fourth-order valence-corrected chi connectivity index (χ4v) is 4.19. The van der Waals surface area contributed by atoms with E-state index in [-0.39, 0.29) is 11.7 Å². The highest BCUT2D eigenvalue weighted by atomic mass is 16.5. The first kappa shape index (κ1) is 19.5. The van der Waals surface area contributed by atoms with Crippen molar-refractivity contribution in [2.45, 2.75) is 38.8 Å². The molecule has 1 aliphatic rings. The number of furan rings is 1. The number of fused-ring (bicyclic) bond motifs is 2. The highest BCUT2D eigenvalue weighted by Crippen LogP contribution is 2.28. The van der Waals surface area contributed by atoms with E-state index in [2.05, 4.69) is 20.1 Å². The van der Waals surface area contributed by atoms with Gasteiger partial charge in [0.25, 0.3) is 5.91 Å². The first-order chi connectivity index (χ1) is 15.2. The predicted molar refractivity (Wildman–Crippen MR) is 118 cm³/mol. The van der Waals surface area contributed by atoms with Crippen LogP contribution in [0, 0.1) is 0 Å². The minimum absolute atomic E-state index is 0.268. The Kier molecular flexibility index (Phi) is 5.26. The molecular formula is C24H24N4O3. The molecule has 1 amide bonds. The highest BCUT2D eigenvalue weighted by molar-refractivity contribution is 6.06. The van der Waals surface area contributed by atoms with Crippen LogP contribution >= 0.6 is 0 Å². The number of aromatic nitrogens is 3. The second kappa shape index (κ2) is 8.35. The van der Waals surface area contributed by atoms with E-state index in [0.717, 1.165) is 54.0 Å². The molecule has 158 valence electrons. The van der Waals surface area contributed by atoms with Crippen LogP contribution in [0.4, 0.5) is 5.69 Å². The van der Waals surface area contributed by atoms with Crippen LogP contribution in [0.1, 0.15) is 41.2 Å². The van der Waals surface area contributed by atoms with Gasteiger partial charge in [-0.3, -0.25) is 4.79 Å². The average molecular weight is 416 g/mol. The van der Waals surface area contributed by atoms with Crippen molar-refractivity contribution in [3.05, 3.63) is 65.7 Å². The fraction of sp³-hybridized carbons (Fsp3) is 0.292. The number of hydrogen-bond donors (Lipinski definition) is 1. The Labute approximate surface area is 180 Å². The summed E-state index contributed by atoms with van der Waals surface area (Å²) in [6, 6.07) is 15.3. The third-order valence-corrected chi connectivity index (χ3v) is 5.68. The predicted octanol–water partition coefficient (Wildman–Crippen LogP) is 4.82. The van der Waals surface area contributed by atoms with Crippen molar-refractivity contribution in [2.24, 2.45) is 0 Å². The van der Waals surface area contributed by atoms with Gasteiger partial charge in [-0.15, -0.1) is 10.2 Å². The van der Waals surface area contributed by atoms with Gasteiger partial charge in [0, 0.05) is 42.3 Å². The summed E-state index contributed by atoms with van der Waals surface area (Å²) in [5.74, 6) is 1.84. The molecule has 31 heavy (non-hydrogen) atoms. The van der Waals surface area contributed by atoms with Gasteiger partial charge in [-0.25, -0.2) is 0 Å². The number of benzene rings is 2. The molecule has 0 saturated heterocycles. The summed E-state index contributed by atoms with van der Waals surface area (Å²) in [4.78, 5) is 13.1. The van der Waals surface area contributed by atoms with E-state index in [1.165, 1.54) is 6.42 Å². The number of anilines is 1. The number of nitrogens with one attached hydrogen (secondary N) is 1. The molecule has 0 bridgehead atoms. The Morgan fingerprint density at radius 1 is 1.13 bits per heavy atom. The minimum atomic E-state index is -0.305. The topological polar surface area (TPSA) is 82.2 Å². The maximum atomic E-state index is 13.1. The zero-order chi connectivity index (χ0) is 21.2. The lowest BCUT2D eigenvalue weighted by atomic mass is 10.1. The van der Waals surface area contributed by atoms with E-state index in [0.29, 0.717) is 17.9 Å². The highest BCUT2D eigenvalue weighted by Gasteiger charge is 2.21. The van der Waals surface area contributed by atoms with E-state index in [1.54, 1.807) is 7.11 Å². The zero-order valence-electron chi connectivity index (χ0n) is 17.4. The smallest absolute Gasteiger partial charge is 0.291 e. The van der Waals surface area contributed by atoms with Crippen molar-refractivity contribution < 1.29 is 13.9 Å². The molecule has 7 heteroatoms. The molecular weight excluding hydrogens is 392 g/mol. The molecule has 0 unspecified atom stereocenters. The number of para-hydroxylation sites is 1. The van der Waals surface area contributed by atoms with Crippen LogP contribution in [-0.2, 0) is 24.3 Å². The largest absolute Gasteiger partial charge is 0.451 e. The van der Waals surface area contributed by atoms with Gasteiger partial charge in [0.2, 0.25) is 0 Å². The lowest BCUT2D eigenvalue weighted by molar-refractivity contribution is 0.0992. The molecule has 0 atom stereocenters. The number of methoxy groups -OCH3 is 1. The van der Waals surface area contributed by atoms with Crippen molar-refractivity contribution in [3.63, 3.8) is 0 Å². The summed E-state index contributed by atoms with van der Waals surface area (Å²) in [5, 5.41) is 12.7. The Balaban J connectivity index is 1.44. The number of carbonyl (C=O) groups is 1. The van der Waals surface area contributed by atoms with Crippen LogP contribution in [0.5, 0.6) is 0 Å². The lowest BCUT2D eigenvalue weighted by Crippen LogP contribution is -2.13. The molecule has 0 radical (unpaired) electrons. The van der Waals surface area contributed by atoms with Crippen LogP contribution in [0.25, 0.3) is 22.4 Å². The molecule has 2 aromatic carbocycles. The number of nitrogens with zero attached hydrogens (tertiary/aromatic N) is 3. The van der Waals surface area contributed by atoms with Gasteiger partial charge in [-0.2, -0.15) is 0 Å². The molecule has 0 spiro atoms. The molecule has 1 aliphatic heterocycles. The summed E-state index contributed by atoms with van der Waals surface area (Å²) >= 11 is 0. The van der Waals surface area contributed by atoms with Crippen LogP contribution in [0.15, 0.2) is 52.9 Å². The molecule has 5 rings (SSSR count). The Hall–Kier alpha value is -3.45. The average Bonchev–Trinajstić information content (AvgIpc) is 3.28. The van der Waals surface area contributed by atoms with Gasteiger partial charge >= 0.3 is 0 Å². The first-order valence-corrected chi connectivity index (χ1v) is 10.6. The van der Waals surface area contributed by atoms with E-state index >= 15 is 0 Å². The Bertz CT molecular complexity index is 1240. The summed E-state index contributed by atoms with van der Waals surface area (Å²) in [7, 11) is 1.61. The summed E-state index contributed by atoms with van der Waals surface area (Å²) in [6.45, 7) is 1.22. The van der Waals surface area contributed by atoms with E-state index < -0.39 is 0 Å². The SMILES string of the molecule is COCc1c(C(=O)Nc2cccc(-c3nnc4n3CCCCC4)c2)oc2ccccc12. The number of ether oxygens (including phenoxy) is 1. The Morgan fingerprint density at radius 2 is 2.03 bits per heavy atom. The second-order valence-corrected chi connectivity index (χ2v) is 7.78. The van der Waals surface area contributed by atoms with Gasteiger partial charge in [0.05, 0.1) is 6.61 Å². The van der Waals surface area contributed by atoms with Gasteiger partial charge < -0.3 is 19.0 Å². The molecule has 7 nitrogen and oxygen atoms in total. The van der Waals surface area contributed by atoms with Gasteiger partial charge in [-0.05, 0) is 31.0 Å². The van der Waals surface area contributed by atoms with Crippen LogP contribution < -0.4 is 5.32 Å². The van der Waals surface area contributed by atoms with Gasteiger partial charge in [0.1, 0.15) is 11.4 Å². The molecule has 2 aromatic heterocycles. The quantitative estimate of drug-likeness (QED) is 0.505. The third-order valence-electron chi connectivity index (χ3n) is 5.68. The number of aryl methyl sites for hydroxylation is 1. The normalized spacial score (nSPS) is 13.7. The van der Waals surface area contributed by atoms with Crippen molar-refractivity contribution >= 4 is 22.6 Å². The maximum absolute atomic E-state index is 13.1. The summed E-state index contributed by atoms with van der Waals surface area (Å²) in [5.41, 5.74) is 3.02. The fourth-order valence-electron chi connectivity index (χ4n) is 4.19. The number of rotatable bonds is 5. The van der Waals surface area contributed by atoms with Crippen molar-refractivity contribution in [2.75, 3.05) is 12.4 Å². The minimum Gasteiger partial charge on any atom is -0.451 e.